The van der Waals surface area contributed by atoms with E-state index in [9.17, 15) is 9.18 Å². The summed E-state index contributed by atoms with van der Waals surface area (Å²) in [5.41, 5.74) is 7.60. The van der Waals surface area contributed by atoms with Crippen LogP contribution in [0.5, 0.6) is 0 Å². The number of nitrogens with two attached hydrogens (primary N) is 1. The summed E-state index contributed by atoms with van der Waals surface area (Å²) >= 11 is 5.66. The Morgan fingerprint density at radius 1 is 1.30 bits per heavy atom. The van der Waals surface area contributed by atoms with Crippen LogP contribution in [-0.2, 0) is 0 Å². The molecule has 2 aromatic carbocycles. The fraction of sp³-hybridized carbons (Fsp3) is 0.133. The van der Waals surface area contributed by atoms with Crippen molar-refractivity contribution < 1.29 is 9.18 Å². The fourth-order valence-corrected chi connectivity index (χ4v) is 2.08. The van der Waals surface area contributed by atoms with Crippen LogP contribution < -0.4 is 11.1 Å². The first-order chi connectivity index (χ1) is 9.49. The van der Waals surface area contributed by atoms with Crippen LogP contribution in [0.4, 0.5) is 10.1 Å². The summed E-state index contributed by atoms with van der Waals surface area (Å²) in [7, 11) is 0. The number of hydrogen-bond donors (Lipinski definition) is 2. The molecule has 0 radical (unpaired) electrons. The molecule has 5 heteroatoms. The molecule has 0 aliphatic rings. The molecule has 1 atom stereocenters. The van der Waals surface area contributed by atoms with E-state index in [4.69, 9.17) is 17.3 Å². The maximum Gasteiger partial charge on any atom is 0.251 e. The van der Waals surface area contributed by atoms with Crippen molar-refractivity contribution >= 4 is 23.2 Å². The predicted octanol–water partition coefficient (Wildman–Crippen LogP) is 3.55. The molecule has 3 N–H and O–H groups in total. The Labute approximate surface area is 121 Å². The van der Waals surface area contributed by atoms with Crippen LogP contribution in [0.2, 0.25) is 5.02 Å². The lowest BCUT2D eigenvalue weighted by molar-refractivity contribution is 0.0940. The van der Waals surface area contributed by atoms with Gasteiger partial charge < -0.3 is 11.1 Å². The van der Waals surface area contributed by atoms with E-state index in [0.717, 1.165) is 5.56 Å². The van der Waals surface area contributed by atoms with E-state index in [1.807, 2.05) is 25.1 Å². The van der Waals surface area contributed by atoms with Gasteiger partial charge in [0, 0.05) is 11.3 Å². The molecule has 1 unspecified atom stereocenters. The second kappa shape index (κ2) is 5.92. The first kappa shape index (κ1) is 14.3. The van der Waals surface area contributed by atoms with E-state index in [2.05, 4.69) is 5.32 Å². The van der Waals surface area contributed by atoms with Crippen molar-refractivity contribution in [2.75, 3.05) is 5.73 Å². The highest BCUT2D eigenvalue weighted by molar-refractivity contribution is 6.31. The van der Waals surface area contributed by atoms with Gasteiger partial charge in [-0.3, -0.25) is 4.79 Å². The lowest BCUT2D eigenvalue weighted by Crippen LogP contribution is -2.27. The topological polar surface area (TPSA) is 55.1 Å². The molecular formula is C15H14ClFN2O. The maximum absolute atomic E-state index is 13.1. The second-order valence-electron chi connectivity index (χ2n) is 4.45. The predicted molar refractivity (Wildman–Crippen MR) is 78.1 cm³/mol. The van der Waals surface area contributed by atoms with Crippen LogP contribution in [0.25, 0.3) is 0 Å². The number of nitrogens with one attached hydrogen (secondary N) is 1. The minimum absolute atomic E-state index is 0.0791. The summed E-state index contributed by atoms with van der Waals surface area (Å²) in [4.78, 5) is 12.1. The smallest absolute Gasteiger partial charge is 0.251 e. The molecule has 0 aliphatic carbocycles. The number of carbonyl (C=O) groups is 1. The Morgan fingerprint density at radius 2 is 2.00 bits per heavy atom. The normalized spacial score (nSPS) is 11.9. The molecule has 104 valence electrons. The number of amides is 1. The van der Waals surface area contributed by atoms with Gasteiger partial charge in [0.2, 0.25) is 0 Å². The van der Waals surface area contributed by atoms with Gasteiger partial charge in [-0.05, 0) is 36.8 Å². The number of carbonyl (C=O) groups excluding carboxylic acids is 1. The van der Waals surface area contributed by atoms with E-state index in [0.29, 0.717) is 11.3 Å². The molecule has 1 amide bonds. The average molecular weight is 293 g/mol. The van der Waals surface area contributed by atoms with E-state index in [1.54, 1.807) is 6.07 Å². The molecule has 2 rings (SSSR count). The Hall–Kier alpha value is -2.07. The molecule has 0 fully saturated rings. The number of benzene rings is 2. The molecule has 0 saturated heterocycles. The molecule has 2 aromatic rings. The Balaban J connectivity index is 2.15. The lowest BCUT2D eigenvalue weighted by atomic mass is 10.1. The van der Waals surface area contributed by atoms with E-state index in [1.165, 1.54) is 18.2 Å². The van der Waals surface area contributed by atoms with Crippen LogP contribution in [0.3, 0.4) is 0 Å². The minimum atomic E-state index is -0.552. The molecular weight excluding hydrogens is 279 g/mol. The van der Waals surface area contributed by atoms with Crippen LogP contribution in [0.15, 0.2) is 42.5 Å². The summed E-state index contributed by atoms with van der Waals surface area (Å²) in [6.45, 7) is 1.83. The Morgan fingerprint density at radius 3 is 2.65 bits per heavy atom. The lowest BCUT2D eigenvalue weighted by Gasteiger charge is -2.16. The van der Waals surface area contributed by atoms with Crippen molar-refractivity contribution in [3.05, 3.63) is 64.4 Å². The van der Waals surface area contributed by atoms with Crippen LogP contribution in [0, 0.1) is 5.82 Å². The van der Waals surface area contributed by atoms with E-state index < -0.39 is 5.82 Å². The summed E-state index contributed by atoms with van der Waals surface area (Å²) in [5, 5.41) is 2.72. The quantitative estimate of drug-likeness (QED) is 0.850. The van der Waals surface area contributed by atoms with Gasteiger partial charge in [0.25, 0.3) is 5.91 Å². The summed E-state index contributed by atoms with van der Waals surface area (Å²) in [6.07, 6.45) is 0. The second-order valence-corrected chi connectivity index (χ2v) is 4.86. The number of hydrogen-bond acceptors (Lipinski definition) is 2. The number of anilines is 1. The summed E-state index contributed by atoms with van der Waals surface area (Å²) in [6, 6.07) is 10.9. The van der Waals surface area contributed by atoms with Gasteiger partial charge in [-0.15, -0.1) is 0 Å². The number of nitrogen functional groups attached to an aromatic ring is 1. The van der Waals surface area contributed by atoms with Gasteiger partial charge in [0.1, 0.15) is 5.82 Å². The molecule has 0 aliphatic heterocycles. The zero-order chi connectivity index (χ0) is 14.7. The monoisotopic (exact) mass is 292 g/mol. The van der Waals surface area contributed by atoms with Crippen LogP contribution >= 0.6 is 11.6 Å². The van der Waals surface area contributed by atoms with Gasteiger partial charge in [0.05, 0.1) is 11.1 Å². The molecule has 0 heterocycles. The SMILES string of the molecule is CC(NC(=O)c1ccc(F)c(Cl)c1)c1ccccc1N. The van der Waals surface area contributed by atoms with E-state index in [-0.39, 0.29) is 17.0 Å². The van der Waals surface area contributed by atoms with E-state index >= 15 is 0 Å². The van der Waals surface area contributed by atoms with Crippen molar-refractivity contribution in [2.45, 2.75) is 13.0 Å². The first-order valence-corrected chi connectivity index (χ1v) is 6.47. The highest BCUT2D eigenvalue weighted by Crippen LogP contribution is 2.21. The van der Waals surface area contributed by atoms with Gasteiger partial charge in [-0.1, -0.05) is 29.8 Å². The third kappa shape index (κ3) is 3.08. The van der Waals surface area contributed by atoms with Gasteiger partial charge in [-0.2, -0.15) is 0 Å². The van der Waals surface area contributed by atoms with Crippen LogP contribution in [0.1, 0.15) is 28.9 Å². The summed E-state index contributed by atoms with van der Waals surface area (Å²) < 4.78 is 13.1. The molecule has 3 nitrogen and oxygen atoms in total. The van der Waals surface area contributed by atoms with Crippen molar-refractivity contribution in [2.24, 2.45) is 0 Å². The largest absolute Gasteiger partial charge is 0.398 e. The van der Waals surface area contributed by atoms with Crippen molar-refractivity contribution in [3.63, 3.8) is 0 Å². The maximum atomic E-state index is 13.1. The van der Waals surface area contributed by atoms with Crippen LogP contribution in [-0.4, -0.2) is 5.91 Å². The first-order valence-electron chi connectivity index (χ1n) is 6.09. The van der Waals surface area contributed by atoms with Gasteiger partial charge in [-0.25, -0.2) is 4.39 Å². The third-order valence-corrected chi connectivity index (χ3v) is 3.28. The zero-order valence-electron chi connectivity index (χ0n) is 10.9. The molecule has 0 aromatic heterocycles. The number of halogens is 2. The number of para-hydroxylation sites is 1. The highest BCUT2D eigenvalue weighted by atomic mass is 35.5. The average Bonchev–Trinajstić information content (AvgIpc) is 2.42. The van der Waals surface area contributed by atoms with Crippen molar-refractivity contribution in [1.29, 1.82) is 0 Å². The molecule has 0 spiro atoms. The minimum Gasteiger partial charge on any atom is -0.398 e. The molecule has 0 bridgehead atoms. The molecule has 0 saturated carbocycles. The third-order valence-electron chi connectivity index (χ3n) is 2.99. The fourth-order valence-electron chi connectivity index (χ4n) is 1.90. The van der Waals surface area contributed by atoms with Crippen molar-refractivity contribution in [1.82, 2.24) is 5.32 Å². The standard InChI is InChI=1S/C15H14ClFN2O/c1-9(11-4-2-3-5-14(11)18)19-15(20)10-6-7-13(17)12(16)8-10/h2-9H,18H2,1H3,(H,19,20). The number of rotatable bonds is 3. The summed E-state index contributed by atoms with van der Waals surface area (Å²) in [5.74, 6) is -0.883. The van der Waals surface area contributed by atoms with Gasteiger partial charge in [0.15, 0.2) is 0 Å². The Bertz CT molecular complexity index is 646. The zero-order valence-corrected chi connectivity index (χ0v) is 11.6. The Kier molecular flexibility index (Phi) is 4.25. The van der Waals surface area contributed by atoms with Crippen molar-refractivity contribution in [3.8, 4) is 0 Å². The highest BCUT2D eigenvalue weighted by Gasteiger charge is 2.14. The molecule has 20 heavy (non-hydrogen) atoms. The van der Waals surface area contributed by atoms with Gasteiger partial charge >= 0.3 is 0 Å².